The second-order valence-electron chi connectivity index (χ2n) is 7.34. The highest BCUT2D eigenvalue weighted by Gasteiger charge is 2.40. The Labute approximate surface area is 169 Å². The van der Waals surface area contributed by atoms with Crippen LogP contribution in [0.3, 0.4) is 0 Å². The molecule has 1 atom stereocenters. The normalized spacial score (nSPS) is 20.7. The molecule has 4 heterocycles. The van der Waals surface area contributed by atoms with E-state index in [0.717, 1.165) is 55.2 Å². The highest BCUT2D eigenvalue weighted by atomic mass is 32.2. The summed E-state index contributed by atoms with van der Waals surface area (Å²) in [5, 5.41) is 11.5. The number of amides is 1. The van der Waals surface area contributed by atoms with E-state index in [1.807, 2.05) is 0 Å². The molecular weight excluding hydrogens is 398 g/mol. The SMILES string of the molecule is CC(=O)NCc1ccc(S(=O)(=O)N2CCC[C@@H]2c2nnc3n2CCCCC3)s1. The summed E-state index contributed by atoms with van der Waals surface area (Å²) in [6, 6.07) is 3.14. The first-order valence-corrected chi connectivity index (χ1v) is 12.0. The van der Waals surface area contributed by atoms with E-state index >= 15 is 0 Å². The van der Waals surface area contributed by atoms with Crippen LogP contribution < -0.4 is 5.32 Å². The minimum atomic E-state index is -3.61. The maximum absolute atomic E-state index is 13.3. The predicted octanol–water partition coefficient (Wildman–Crippen LogP) is 2.23. The van der Waals surface area contributed by atoms with Crippen LogP contribution in [0.5, 0.6) is 0 Å². The summed E-state index contributed by atoms with van der Waals surface area (Å²) in [4.78, 5) is 11.9. The Kier molecular flexibility index (Phi) is 5.52. The fraction of sp³-hybridized carbons (Fsp3) is 0.611. The van der Waals surface area contributed by atoms with Gasteiger partial charge in [0.05, 0.1) is 12.6 Å². The van der Waals surface area contributed by atoms with Gasteiger partial charge in [-0.1, -0.05) is 6.42 Å². The Hall–Kier alpha value is -1.78. The van der Waals surface area contributed by atoms with Gasteiger partial charge < -0.3 is 9.88 Å². The number of sulfonamides is 1. The molecule has 1 amide bonds. The number of hydrogen-bond acceptors (Lipinski definition) is 6. The maximum atomic E-state index is 13.3. The number of nitrogens with one attached hydrogen (secondary N) is 1. The van der Waals surface area contributed by atoms with Crippen LogP contribution in [0.1, 0.15) is 61.6 Å². The number of carbonyl (C=O) groups excluding carboxylic acids is 1. The summed E-state index contributed by atoms with van der Waals surface area (Å²) in [5.41, 5.74) is 0. The molecule has 0 aromatic carbocycles. The molecule has 1 fully saturated rings. The molecule has 1 saturated heterocycles. The van der Waals surface area contributed by atoms with Crippen molar-refractivity contribution >= 4 is 27.3 Å². The van der Waals surface area contributed by atoms with Crippen LogP contribution in [0.2, 0.25) is 0 Å². The molecule has 1 N–H and O–H groups in total. The number of aromatic nitrogens is 3. The monoisotopic (exact) mass is 423 g/mol. The predicted molar refractivity (Wildman–Crippen MR) is 105 cm³/mol. The summed E-state index contributed by atoms with van der Waals surface area (Å²) in [5.74, 6) is 1.63. The molecule has 0 spiro atoms. The zero-order chi connectivity index (χ0) is 19.7. The Morgan fingerprint density at radius 2 is 2.07 bits per heavy atom. The van der Waals surface area contributed by atoms with E-state index in [2.05, 4.69) is 20.1 Å². The second-order valence-corrected chi connectivity index (χ2v) is 10.6. The van der Waals surface area contributed by atoms with Crippen LogP contribution in [0, 0.1) is 0 Å². The van der Waals surface area contributed by atoms with Gasteiger partial charge in [-0.05, 0) is 37.8 Å². The quantitative estimate of drug-likeness (QED) is 0.795. The molecule has 4 rings (SSSR count). The van der Waals surface area contributed by atoms with Crippen molar-refractivity contribution in [3.05, 3.63) is 28.7 Å². The van der Waals surface area contributed by atoms with Crippen molar-refractivity contribution in [3.8, 4) is 0 Å². The van der Waals surface area contributed by atoms with Gasteiger partial charge in [-0.15, -0.1) is 21.5 Å². The number of rotatable bonds is 5. The molecule has 0 bridgehead atoms. The average molecular weight is 424 g/mol. The summed E-state index contributed by atoms with van der Waals surface area (Å²) in [6.07, 6.45) is 5.84. The molecule has 0 radical (unpaired) electrons. The number of hydrogen-bond donors (Lipinski definition) is 1. The van der Waals surface area contributed by atoms with Gasteiger partial charge in [0.1, 0.15) is 10.0 Å². The first kappa shape index (κ1) is 19.5. The molecule has 2 aliphatic rings. The van der Waals surface area contributed by atoms with Gasteiger partial charge in [-0.25, -0.2) is 8.42 Å². The van der Waals surface area contributed by atoms with Gasteiger partial charge >= 0.3 is 0 Å². The highest BCUT2D eigenvalue weighted by Crippen LogP contribution is 2.38. The number of carbonyl (C=O) groups is 1. The van der Waals surface area contributed by atoms with Crippen LogP contribution in [0.15, 0.2) is 16.3 Å². The standard InChI is InChI=1S/C18H25N5O3S2/c1-13(24)19-12-14-8-9-17(27-14)28(25,26)23-11-5-6-15(23)18-21-20-16-7-3-2-4-10-22(16)18/h8-9,15H,2-7,10-12H2,1H3,(H,19,24)/t15-/m1/s1. The number of nitrogens with zero attached hydrogens (tertiary/aromatic N) is 4. The molecule has 2 aromatic rings. The third-order valence-corrected chi connectivity index (χ3v) is 8.81. The van der Waals surface area contributed by atoms with E-state index in [1.54, 1.807) is 16.4 Å². The van der Waals surface area contributed by atoms with Crippen LogP contribution >= 0.6 is 11.3 Å². The van der Waals surface area contributed by atoms with Gasteiger partial charge in [0.15, 0.2) is 5.82 Å². The fourth-order valence-electron chi connectivity index (χ4n) is 3.96. The van der Waals surface area contributed by atoms with E-state index in [1.165, 1.54) is 24.7 Å². The van der Waals surface area contributed by atoms with Crippen LogP contribution in [0.4, 0.5) is 0 Å². The molecule has 0 aliphatic carbocycles. The lowest BCUT2D eigenvalue weighted by atomic mass is 10.2. The van der Waals surface area contributed by atoms with Crippen LogP contribution in [0.25, 0.3) is 0 Å². The molecule has 2 aromatic heterocycles. The topological polar surface area (TPSA) is 97.2 Å². The van der Waals surface area contributed by atoms with Crippen molar-refractivity contribution in [2.75, 3.05) is 6.54 Å². The number of thiophene rings is 1. The number of fused-ring (bicyclic) bond motifs is 1. The summed E-state index contributed by atoms with van der Waals surface area (Å²) < 4.78 is 30.7. The molecular formula is C18H25N5O3S2. The average Bonchev–Trinajstić information content (AvgIpc) is 3.37. The first-order chi connectivity index (χ1) is 13.5. The molecule has 152 valence electrons. The van der Waals surface area contributed by atoms with Gasteiger partial charge in [0.25, 0.3) is 10.0 Å². The maximum Gasteiger partial charge on any atom is 0.253 e. The molecule has 10 heteroatoms. The largest absolute Gasteiger partial charge is 0.351 e. The van der Waals surface area contributed by atoms with Crippen molar-refractivity contribution in [2.24, 2.45) is 0 Å². The van der Waals surface area contributed by atoms with E-state index in [-0.39, 0.29) is 11.9 Å². The Bertz CT molecular complexity index is 966. The number of aryl methyl sites for hydroxylation is 1. The van der Waals surface area contributed by atoms with Crippen LogP contribution in [-0.2, 0) is 34.3 Å². The Morgan fingerprint density at radius 1 is 1.21 bits per heavy atom. The lowest BCUT2D eigenvalue weighted by molar-refractivity contribution is -0.119. The van der Waals surface area contributed by atoms with Gasteiger partial charge in [0.2, 0.25) is 5.91 Å². The van der Waals surface area contributed by atoms with E-state index in [4.69, 9.17) is 0 Å². The van der Waals surface area contributed by atoms with Gasteiger partial charge in [-0.2, -0.15) is 4.31 Å². The van der Waals surface area contributed by atoms with Crippen molar-refractivity contribution in [3.63, 3.8) is 0 Å². The van der Waals surface area contributed by atoms with E-state index < -0.39 is 10.0 Å². The molecule has 0 unspecified atom stereocenters. The van der Waals surface area contributed by atoms with Crippen molar-refractivity contribution < 1.29 is 13.2 Å². The zero-order valence-corrected chi connectivity index (χ0v) is 17.6. The lowest BCUT2D eigenvalue weighted by Gasteiger charge is -2.23. The third-order valence-electron chi connectivity index (χ3n) is 5.35. The van der Waals surface area contributed by atoms with E-state index in [0.29, 0.717) is 17.3 Å². The van der Waals surface area contributed by atoms with Gasteiger partial charge in [-0.3, -0.25) is 4.79 Å². The fourth-order valence-corrected chi connectivity index (χ4v) is 7.04. The first-order valence-electron chi connectivity index (χ1n) is 9.74. The minimum absolute atomic E-state index is 0.134. The second kappa shape index (κ2) is 7.92. The Balaban J connectivity index is 1.59. The molecule has 28 heavy (non-hydrogen) atoms. The molecule has 2 aliphatic heterocycles. The van der Waals surface area contributed by atoms with Gasteiger partial charge in [0, 0.05) is 31.3 Å². The highest BCUT2D eigenvalue weighted by molar-refractivity contribution is 7.91. The van der Waals surface area contributed by atoms with E-state index in [9.17, 15) is 13.2 Å². The summed E-state index contributed by atoms with van der Waals surface area (Å²) in [7, 11) is -3.61. The van der Waals surface area contributed by atoms with Crippen molar-refractivity contribution in [2.45, 2.75) is 68.8 Å². The Morgan fingerprint density at radius 3 is 2.89 bits per heavy atom. The van der Waals surface area contributed by atoms with Crippen molar-refractivity contribution in [1.29, 1.82) is 0 Å². The summed E-state index contributed by atoms with van der Waals surface area (Å²) >= 11 is 1.21. The molecule has 8 nitrogen and oxygen atoms in total. The van der Waals surface area contributed by atoms with Crippen LogP contribution in [-0.4, -0.2) is 39.9 Å². The third kappa shape index (κ3) is 3.72. The summed E-state index contributed by atoms with van der Waals surface area (Å²) in [6.45, 7) is 3.15. The smallest absolute Gasteiger partial charge is 0.253 e. The minimum Gasteiger partial charge on any atom is -0.351 e. The molecule has 0 saturated carbocycles. The lowest BCUT2D eigenvalue weighted by Crippen LogP contribution is -2.31. The van der Waals surface area contributed by atoms with Crippen molar-refractivity contribution in [1.82, 2.24) is 24.4 Å². The zero-order valence-electron chi connectivity index (χ0n) is 15.9.